The summed E-state index contributed by atoms with van der Waals surface area (Å²) in [4.78, 5) is 3.83. The van der Waals surface area contributed by atoms with Crippen LogP contribution in [-0.4, -0.2) is 23.3 Å². The Morgan fingerprint density at radius 2 is 2.42 bits per heavy atom. The standard InChI is InChI=1S/C7H9ClN2O2/c8-6-3-5(9)4-10-7(6)12-2-1-11/h3-4,11H,1-2,9H2. The molecule has 66 valence electrons. The number of nitrogen functional groups attached to an aromatic ring is 1. The van der Waals surface area contributed by atoms with E-state index in [1.807, 2.05) is 0 Å². The smallest absolute Gasteiger partial charge is 0.232 e. The summed E-state index contributed by atoms with van der Waals surface area (Å²) in [5.41, 5.74) is 5.89. The molecule has 1 aromatic rings. The highest BCUT2D eigenvalue weighted by Gasteiger charge is 2.02. The molecule has 0 saturated heterocycles. The number of anilines is 1. The van der Waals surface area contributed by atoms with E-state index in [0.29, 0.717) is 16.6 Å². The first kappa shape index (κ1) is 9.09. The van der Waals surface area contributed by atoms with Crippen LogP contribution in [0.15, 0.2) is 12.3 Å². The first-order valence-corrected chi connectivity index (χ1v) is 3.76. The molecule has 0 aliphatic rings. The molecule has 0 atom stereocenters. The second kappa shape index (κ2) is 4.13. The average molecular weight is 189 g/mol. The van der Waals surface area contributed by atoms with E-state index in [2.05, 4.69) is 4.98 Å². The SMILES string of the molecule is Nc1cnc(OCCO)c(Cl)c1. The molecule has 1 aromatic heterocycles. The van der Waals surface area contributed by atoms with Crippen molar-refractivity contribution in [2.24, 2.45) is 0 Å². The topological polar surface area (TPSA) is 68.4 Å². The van der Waals surface area contributed by atoms with Gasteiger partial charge < -0.3 is 15.6 Å². The maximum Gasteiger partial charge on any atom is 0.232 e. The number of rotatable bonds is 3. The third kappa shape index (κ3) is 2.25. The summed E-state index contributed by atoms with van der Waals surface area (Å²) < 4.78 is 4.99. The zero-order valence-corrected chi connectivity index (χ0v) is 7.08. The molecule has 0 saturated carbocycles. The number of ether oxygens (including phenoxy) is 1. The van der Waals surface area contributed by atoms with Crippen molar-refractivity contribution >= 4 is 17.3 Å². The third-order valence-electron chi connectivity index (χ3n) is 1.16. The lowest BCUT2D eigenvalue weighted by molar-refractivity contribution is 0.197. The van der Waals surface area contributed by atoms with Gasteiger partial charge in [-0.15, -0.1) is 0 Å². The maximum absolute atomic E-state index is 8.45. The van der Waals surface area contributed by atoms with Crippen LogP contribution < -0.4 is 10.5 Å². The number of aliphatic hydroxyl groups excluding tert-OH is 1. The number of pyridine rings is 1. The van der Waals surface area contributed by atoms with Crippen LogP contribution in [0, 0.1) is 0 Å². The fraction of sp³-hybridized carbons (Fsp3) is 0.286. The van der Waals surface area contributed by atoms with E-state index in [4.69, 9.17) is 27.2 Å². The van der Waals surface area contributed by atoms with Crippen LogP contribution in [0.25, 0.3) is 0 Å². The van der Waals surface area contributed by atoms with Crippen LogP contribution in [0.3, 0.4) is 0 Å². The van der Waals surface area contributed by atoms with E-state index in [-0.39, 0.29) is 13.2 Å². The Hall–Kier alpha value is -1.00. The Morgan fingerprint density at radius 1 is 1.67 bits per heavy atom. The molecule has 0 amide bonds. The Labute approximate surface area is 74.9 Å². The predicted molar refractivity (Wildman–Crippen MR) is 46.2 cm³/mol. The predicted octanol–water partition coefficient (Wildman–Crippen LogP) is 0.688. The van der Waals surface area contributed by atoms with Crippen molar-refractivity contribution in [3.63, 3.8) is 0 Å². The Morgan fingerprint density at radius 3 is 3.00 bits per heavy atom. The van der Waals surface area contributed by atoms with E-state index in [9.17, 15) is 0 Å². The van der Waals surface area contributed by atoms with Crippen molar-refractivity contribution in [1.29, 1.82) is 0 Å². The molecule has 0 spiro atoms. The largest absolute Gasteiger partial charge is 0.474 e. The number of aromatic nitrogens is 1. The summed E-state index contributed by atoms with van der Waals surface area (Å²) in [6.45, 7) is 0.110. The molecule has 0 bridgehead atoms. The summed E-state index contributed by atoms with van der Waals surface area (Å²) in [5, 5.41) is 8.80. The van der Waals surface area contributed by atoms with Crippen molar-refractivity contribution in [2.45, 2.75) is 0 Å². The van der Waals surface area contributed by atoms with Crippen LogP contribution >= 0.6 is 11.6 Å². The zero-order chi connectivity index (χ0) is 8.97. The third-order valence-corrected chi connectivity index (χ3v) is 1.43. The number of halogens is 1. The first-order valence-electron chi connectivity index (χ1n) is 3.38. The van der Waals surface area contributed by atoms with E-state index in [1.54, 1.807) is 6.07 Å². The summed E-state index contributed by atoms with van der Waals surface area (Å²) >= 11 is 5.72. The molecule has 0 aliphatic carbocycles. The van der Waals surface area contributed by atoms with Gasteiger partial charge in [-0.2, -0.15) is 0 Å². The van der Waals surface area contributed by atoms with Crippen LogP contribution in [0.4, 0.5) is 5.69 Å². The average Bonchev–Trinajstić information content (AvgIpc) is 2.03. The maximum atomic E-state index is 8.45. The summed E-state index contributed by atoms with van der Waals surface area (Å²) in [6, 6.07) is 1.54. The van der Waals surface area contributed by atoms with Gasteiger partial charge in [-0.3, -0.25) is 0 Å². The van der Waals surface area contributed by atoms with Gasteiger partial charge in [0.2, 0.25) is 5.88 Å². The van der Waals surface area contributed by atoms with Crippen LogP contribution in [0.5, 0.6) is 5.88 Å². The van der Waals surface area contributed by atoms with Crippen molar-refractivity contribution in [1.82, 2.24) is 4.98 Å². The molecule has 4 nitrogen and oxygen atoms in total. The molecule has 5 heteroatoms. The Kier molecular flexibility index (Phi) is 3.13. The molecular formula is C7H9ClN2O2. The Bertz CT molecular complexity index is 268. The van der Waals surface area contributed by atoms with Crippen molar-refractivity contribution < 1.29 is 9.84 Å². The summed E-state index contributed by atoms with van der Waals surface area (Å²) in [7, 11) is 0. The quantitative estimate of drug-likeness (QED) is 0.733. The van der Waals surface area contributed by atoms with Gasteiger partial charge in [0, 0.05) is 0 Å². The van der Waals surface area contributed by atoms with E-state index >= 15 is 0 Å². The van der Waals surface area contributed by atoms with Crippen LogP contribution in [0.1, 0.15) is 0 Å². The second-order valence-electron chi connectivity index (χ2n) is 2.13. The van der Waals surface area contributed by atoms with Gasteiger partial charge in [-0.05, 0) is 6.07 Å². The Balaban J connectivity index is 2.72. The van der Waals surface area contributed by atoms with Crippen molar-refractivity contribution in [3.05, 3.63) is 17.3 Å². The molecule has 1 heterocycles. The lowest BCUT2D eigenvalue weighted by Gasteiger charge is -2.04. The van der Waals surface area contributed by atoms with Gasteiger partial charge in [0.05, 0.1) is 18.5 Å². The van der Waals surface area contributed by atoms with Crippen LogP contribution in [-0.2, 0) is 0 Å². The molecule has 0 radical (unpaired) electrons. The molecule has 3 N–H and O–H groups in total. The minimum absolute atomic E-state index is 0.0671. The molecular weight excluding hydrogens is 180 g/mol. The molecule has 0 fully saturated rings. The molecule has 1 rings (SSSR count). The normalized spacial score (nSPS) is 9.83. The second-order valence-corrected chi connectivity index (χ2v) is 2.53. The summed E-state index contributed by atoms with van der Waals surface area (Å²) in [5.74, 6) is 0.292. The molecule has 12 heavy (non-hydrogen) atoms. The fourth-order valence-electron chi connectivity index (χ4n) is 0.689. The van der Waals surface area contributed by atoms with Crippen molar-refractivity contribution in [3.8, 4) is 5.88 Å². The van der Waals surface area contributed by atoms with Gasteiger partial charge in [-0.1, -0.05) is 11.6 Å². The number of hydrogen-bond donors (Lipinski definition) is 2. The lowest BCUT2D eigenvalue weighted by atomic mass is 10.4. The van der Waals surface area contributed by atoms with E-state index in [1.165, 1.54) is 6.20 Å². The highest BCUT2D eigenvalue weighted by Crippen LogP contribution is 2.22. The van der Waals surface area contributed by atoms with Gasteiger partial charge in [0.1, 0.15) is 11.6 Å². The number of hydrogen-bond acceptors (Lipinski definition) is 4. The zero-order valence-electron chi connectivity index (χ0n) is 6.33. The van der Waals surface area contributed by atoms with Gasteiger partial charge >= 0.3 is 0 Å². The molecule has 0 unspecified atom stereocenters. The monoisotopic (exact) mass is 188 g/mol. The van der Waals surface area contributed by atoms with Crippen molar-refractivity contribution in [2.75, 3.05) is 18.9 Å². The fourth-order valence-corrected chi connectivity index (χ4v) is 0.918. The highest BCUT2D eigenvalue weighted by molar-refractivity contribution is 6.32. The highest BCUT2D eigenvalue weighted by atomic mass is 35.5. The van der Waals surface area contributed by atoms with E-state index < -0.39 is 0 Å². The van der Waals surface area contributed by atoms with E-state index in [0.717, 1.165) is 0 Å². The number of aliphatic hydroxyl groups is 1. The minimum atomic E-state index is -0.0671. The number of nitrogens with zero attached hydrogens (tertiary/aromatic N) is 1. The van der Waals surface area contributed by atoms with Gasteiger partial charge in [0.25, 0.3) is 0 Å². The lowest BCUT2D eigenvalue weighted by Crippen LogP contribution is -2.03. The van der Waals surface area contributed by atoms with Gasteiger partial charge in [-0.25, -0.2) is 4.98 Å². The minimum Gasteiger partial charge on any atom is -0.474 e. The van der Waals surface area contributed by atoms with Crippen LogP contribution in [0.2, 0.25) is 5.02 Å². The molecule has 0 aliphatic heterocycles. The molecule has 0 aromatic carbocycles. The number of nitrogens with two attached hydrogens (primary N) is 1. The first-order chi connectivity index (χ1) is 5.74. The van der Waals surface area contributed by atoms with Gasteiger partial charge in [0.15, 0.2) is 0 Å². The summed E-state index contributed by atoms with van der Waals surface area (Å²) in [6.07, 6.45) is 1.44.